The van der Waals surface area contributed by atoms with Crippen molar-refractivity contribution >= 4 is 36.3 Å². The molecule has 3 aliphatic rings. The number of aliphatic imine (C=N–C) groups is 1. The molecule has 2 aromatic rings. The third-order valence-electron chi connectivity index (χ3n) is 7.55. The maximum absolute atomic E-state index is 13.5. The number of ether oxygens (including phenoxy) is 1. The lowest BCUT2D eigenvalue weighted by Crippen LogP contribution is -2.52. The molecule has 0 bridgehead atoms. The molecule has 11 heteroatoms. The number of hydrogen-bond acceptors (Lipinski definition) is 6. The number of nitrogens with zero attached hydrogens (tertiary/aromatic N) is 3. The number of rotatable bonds is 9. The number of piperidine rings is 2. The highest BCUT2D eigenvalue weighted by molar-refractivity contribution is 6.05. The molecule has 0 aromatic heterocycles. The molecule has 0 aliphatic carbocycles. The highest BCUT2D eigenvalue weighted by Gasteiger charge is 2.39. The third-order valence-corrected chi connectivity index (χ3v) is 7.55. The van der Waals surface area contributed by atoms with E-state index in [1.54, 1.807) is 12.1 Å². The van der Waals surface area contributed by atoms with Crippen molar-refractivity contribution in [2.45, 2.75) is 57.3 Å². The van der Waals surface area contributed by atoms with Crippen LogP contribution in [0.5, 0.6) is 5.75 Å². The summed E-state index contributed by atoms with van der Waals surface area (Å²) in [6.45, 7) is 1.76. The van der Waals surface area contributed by atoms with E-state index in [4.69, 9.17) is 10.1 Å². The molecule has 2 saturated heterocycles. The quantitative estimate of drug-likeness (QED) is 0.251. The standard InChI is InChI=1S/C29H32N6O5/c30-17-32-18-31-14-19-4-3-5-20(12-19)28(38)34-11-2-1-6-22(34)16-40-23-7-8-24-21(13-23)15-35(29(24)39)25-9-10-26(36)33-27(25)37/h3-5,7-8,12-13,17-18,22,25H,1-2,6,9-11,14-16H2,(H2,30,31,32)(H,33,36,37)/t22-,25?/m1/s1. The van der Waals surface area contributed by atoms with Crippen LogP contribution in [0, 0.1) is 5.41 Å². The minimum Gasteiger partial charge on any atom is -0.491 e. The highest BCUT2D eigenvalue weighted by Crippen LogP contribution is 2.30. The minimum atomic E-state index is -0.659. The maximum Gasteiger partial charge on any atom is 0.255 e. The lowest BCUT2D eigenvalue weighted by molar-refractivity contribution is -0.136. The topological polar surface area (TPSA) is 144 Å². The fourth-order valence-electron chi connectivity index (χ4n) is 5.51. The number of fused-ring (bicyclic) bond motifs is 1. The van der Waals surface area contributed by atoms with Crippen LogP contribution in [0.4, 0.5) is 0 Å². The van der Waals surface area contributed by atoms with Crippen LogP contribution in [0.15, 0.2) is 47.5 Å². The zero-order valence-corrected chi connectivity index (χ0v) is 22.1. The molecule has 1 unspecified atom stereocenters. The van der Waals surface area contributed by atoms with E-state index in [0.29, 0.717) is 43.0 Å². The predicted molar refractivity (Wildman–Crippen MR) is 147 cm³/mol. The van der Waals surface area contributed by atoms with Crippen molar-refractivity contribution in [3.05, 3.63) is 64.7 Å². The van der Waals surface area contributed by atoms with E-state index in [1.165, 1.54) is 11.2 Å². The van der Waals surface area contributed by atoms with Gasteiger partial charge in [0.2, 0.25) is 11.8 Å². The van der Waals surface area contributed by atoms with Crippen LogP contribution in [0.1, 0.15) is 63.9 Å². The summed E-state index contributed by atoms with van der Waals surface area (Å²) in [6, 6.07) is 12.0. The molecule has 40 heavy (non-hydrogen) atoms. The van der Waals surface area contributed by atoms with Crippen LogP contribution < -0.4 is 15.4 Å². The second-order valence-corrected chi connectivity index (χ2v) is 10.2. The number of likely N-dealkylation sites (tertiary alicyclic amines) is 1. The second-order valence-electron chi connectivity index (χ2n) is 10.2. The lowest BCUT2D eigenvalue weighted by atomic mass is 10.0. The molecule has 11 nitrogen and oxygen atoms in total. The fourth-order valence-corrected chi connectivity index (χ4v) is 5.51. The minimum absolute atomic E-state index is 0.0391. The molecular formula is C29H32N6O5. The first-order chi connectivity index (χ1) is 19.4. The van der Waals surface area contributed by atoms with Crippen molar-refractivity contribution in [2.24, 2.45) is 4.99 Å². The summed E-state index contributed by atoms with van der Waals surface area (Å²) >= 11 is 0. The van der Waals surface area contributed by atoms with Gasteiger partial charge in [0.05, 0.1) is 12.4 Å². The summed E-state index contributed by atoms with van der Waals surface area (Å²) < 4.78 is 6.15. The number of hydrogen-bond donors (Lipinski definition) is 3. The normalized spacial score (nSPS) is 20.9. The van der Waals surface area contributed by atoms with E-state index in [0.717, 1.165) is 36.7 Å². The van der Waals surface area contributed by atoms with E-state index in [9.17, 15) is 19.2 Å². The Morgan fingerprint density at radius 3 is 2.85 bits per heavy atom. The van der Waals surface area contributed by atoms with Gasteiger partial charge in [0.1, 0.15) is 24.7 Å². The summed E-state index contributed by atoms with van der Waals surface area (Å²) in [7, 11) is 0. The van der Waals surface area contributed by atoms with Gasteiger partial charge < -0.3 is 19.9 Å². The molecule has 0 saturated carbocycles. The SMILES string of the molecule is N=C/N=C\NCc1cccc(C(=O)N2CCCC[C@@H]2COc2ccc3c(c2)CN(C2CCC(=O)NC2=O)C3=O)c1. The van der Waals surface area contributed by atoms with Gasteiger partial charge in [0.15, 0.2) is 0 Å². The summed E-state index contributed by atoms with van der Waals surface area (Å²) in [5.74, 6) is -0.405. The van der Waals surface area contributed by atoms with E-state index in [-0.39, 0.29) is 36.7 Å². The van der Waals surface area contributed by atoms with Crippen LogP contribution in [0.25, 0.3) is 0 Å². The van der Waals surface area contributed by atoms with Gasteiger partial charge in [-0.25, -0.2) is 4.99 Å². The summed E-state index contributed by atoms with van der Waals surface area (Å²) in [5, 5.41) is 12.3. The number of carbonyl (C=O) groups is 4. The zero-order valence-electron chi connectivity index (χ0n) is 22.1. The van der Waals surface area contributed by atoms with Crippen molar-refractivity contribution in [3.63, 3.8) is 0 Å². The first-order valence-electron chi connectivity index (χ1n) is 13.5. The highest BCUT2D eigenvalue weighted by atomic mass is 16.5. The fraction of sp³-hybridized carbons (Fsp3) is 0.379. The molecular weight excluding hydrogens is 512 g/mol. The number of nitrogens with one attached hydrogen (secondary N) is 3. The summed E-state index contributed by atoms with van der Waals surface area (Å²) in [6.07, 6.45) is 5.69. The van der Waals surface area contributed by atoms with Gasteiger partial charge in [-0.1, -0.05) is 12.1 Å². The largest absolute Gasteiger partial charge is 0.491 e. The maximum atomic E-state index is 13.5. The second kappa shape index (κ2) is 12.1. The lowest BCUT2D eigenvalue weighted by Gasteiger charge is -2.35. The Labute approximate surface area is 232 Å². The van der Waals surface area contributed by atoms with E-state index in [1.807, 2.05) is 35.2 Å². The Bertz CT molecular complexity index is 1360. The van der Waals surface area contributed by atoms with Gasteiger partial charge in [0.25, 0.3) is 11.8 Å². The molecule has 3 heterocycles. The molecule has 3 aliphatic heterocycles. The monoisotopic (exact) mass is 544 g/mol. The molecule has 4 amide bonds. The zero-order chi connectivity index (χ0) is 28.1. The number of benzene rings is 2. The van der Waals surface area contributed by atoms with E-state index < -0.39 is 11.9 Å². The Balaban J connectivity index is 1.22. The Morgan fingerprint density at radius 2 is 2.02 bits per heavy atom. The van der Waals surface area contributed by atoms with E-state index >= 15 is 0 Å². The van der Waals surface area contributed by atoms with Gasteiger partial charge in [-0.15, -0.1) is 0 Å². The molecule has 2 aromatic carbocycles. The number of imide groups is 1. The van der Waals surface area contributed by atoms with Gasteiger partial charge in [0, 0.05) is 37.2 Å². The van der Waals surface area contributed by atoms with Crippen LogP contribution in [0.2, 0.25) is 0 Å². The molecule has 2 fully saturated rings. The molecule has 2 atom stereocenters. The Hall–Kier alpha value is -4.54. The van der Waals surface area contributed by atoms with Gasteiger partial charge in [-0.05, 0) is 67.1 Å². The molecule has 0 spiro atoms. The van der Waals surface area contributed by atoms with Crippen molar-refractivity contribution in [2.75, 3.05) is 13.2 Å². The summed E-state index contributed by atoms with van der Waals surface area (Å²) in [4.78, 5) is 57.3. The number of amides is 4. The van der Waals surface area contributed by atoms with Gasteiger partial charge in [-0.2, -0.15) is 0 Å². The average Bonchev–Trinajstić information content (AvgIpc) is 3.29. The van der Waals surface area contributed by atoms with Crippen molar-refractivity contribution < 1.29 is 23.9 Å². The average molecular weight is 545 g/mol. The van der Waals surface area contributed by atoms with Crippen LogP contribution in [-0.4, -0.2) is 71.3 Å². The first kappa shape index (κ1) is 27.0. The van der Waals surface area contributed by atoms with Crippen molar-refractivity contribution in [1.29, 1.82) is 5.41 Å². The smallest absolute Gasteiger partial charge is 0.255 e. The molecule has 3 N–H and O–H groups in total. The van der Waals surface area contributed by atoms with Gasteiger partial charge >= 0.3 is 0 Å². The first-order valence-corrected chi connectivity index (χ1v) is 13.5. The summed E-state index contributed by atoms with van der Waals surface area (Å²) in [5.41, 5.74) is 2.86. The molecule has 208 valence electrons. The van der Waals surface area contributed by atoms with Crippen molar-refractivity contribution in [1.82, 2.24) is 20.4 Å². The Morgan fingerprint density at radius 1 is 1.15 bits per heavy atom. The Kier molecular flexibility index (Phi) is 8.18. The van der Waals surface area contributed by atoms with E-state index in [2.05, 4.69) is 15.6 Å². The third kappa shape index (κ3) is 5.88. The molecule has 0 radical (unpaired) electrons. The predicted octanol–water partition coefficient (Wildman–Crippen LogP) is 2.25. The van der Waals surface area contributed by atoms with Crippen LogP contribution >= 0.6 is 0 Å². The van der Waals surface area contributed by atoms with Crippen LogP contribution in [-0.2, 0) is 22.7 Å². The number of carbonyl (C=O) groups excluding carboxylic acids is 4. The van der Waals surface area contributed by atoms with Gasteiger partial charge in [-0.3, -0.25) is 29.9 Å². The van der Waals surface area contributed by atoms with Crippen molar-refractivity contribution in [3.8, 4) is 5.75 Å². The van der Waals surface area contributed by atoms with Crippen LogP contribution in [0.3, 0.4) is 0 Å². The molecule has 5 rings (SSSR count).